The fraction of sp³-hybridized carbons (Fsp3) is 0.125. The molecule has 0 aliphatic heterocycles. The molecule has 0 amide bonds. The highest BCUT2D eigenvalue weighted by Crippen LogP contribution is 2.37. The summed E-state index contributed by atoms with van der Waals surface area (Å²) in [7, 11) is 3.13. The van der Waals surface area contributed by atoms with E-state index in [-0.39, 0.29) is 17.9 Å². The zero-order valence-corrected chi connectivity index (χ0v) is 17.4. The molecule has 0 unspecified atom stereocenters. The van der Waals surface area contributed by atoms with Crippen LogP contribution >= 0.6 is 0 Å². The van der Waals surface area contributed by atoms with Crippen LogP contribution in [-0.4, -0.2) is 33.4 Å². The van der Waals surface area contributed by atoms with E-state index in [1.165, 1.54) is 12.1 Å². The molecular formula is C24H19FN4O3. The molecule has 160 valence electrons. The first-order valence-corrected chi connectivity index (χ1v) is 9.95. The summed E-state index contributed by atoms with van der Waals surface area (Å²) in [6.45, 7) is 0.223. The van der Waals surface area contributed by atoms with E-state index in [1.54, 1.807) is 43.1 Å². The van der Waals surface area contributed by atoms with Gasteiger partial charge in [0.2, 0.25) is 5.78 Å². The summed E-state index contributed by atoms with van der Waals surface area (Å²) in [6, 6.07) is 18.8. The lowest BCUT2D eigenvalue weighted by molar-refractivity contribution is 0.356. The van der Waals surface area contributed by atoms with Crippen molar-refractivity contribution >= 4 is 16.7 Å². The Labute approximate surface area is 182 Å². The number of halogens is 1. The van der Waals surface area contributed by atoms with Crippen LogP contribution in [0.15, 0.2) is 71.5 Å². The van der Waals surface area contributed by atoms with Crippen LogP contribution < -0.4 is 15.0 Å². The predicted molar refractivity (Wildman–Crippen MR) is 119 cm³/mol. The van der Waals surface area contributed by atoms with Crippen molar-refractivity contribution in [2.45, 2.75) is 6.54 Å². The van der Waals surface area contributed by atoms with Crippen LogP contribution in [-0.2, 0) is 6.54 Å². The fourth-order valence-electron chi connectivity index (χ4n) is 3.91. The van der Waals surface area contributed by atoms with Crippen molar-refractivity contribution in [3.63, 3.8) is 0 Å². The van der Waals surface area contributed by atoms with Crippen LogP contribution in [0, 0.1) is 5.82 Å². The number of nitrogens with zero attached hydrogens (tertiary/aromatic N) is 4. The molecular weight excluding hydrogens is 411 g/mol. The highest BCUT2D eigenvalue weighted by Gasteiger charge is 2.21. The van der Waals surface area contributed by atoms with E-state index in [2.05, 4.69) is 10.2 Å². The van der Waals surface area contributed by atoms with Crippen LogP contribution in [0.25, 0.3) is 28.1 Å². The lowest BCUT2D eigenvalue weighted by Crippen LogP contribution is -2.24. The molecule has 0 N–H and O–H groups in total. The monoisotopic (exact) mass is 430 g/mol. The van der Waals surface area contributed by atoms with Crippen molar-refractivity contribution in [2.75, 3.05) is 14.2 Å². The molecule has 0 saturated carbocycles. The number of hydrogen-bond acceptors (Lipinski definition) is 5. The number of hydrogen-bond donors (Lipinski definition) is 0. The molecule has 0 radical (unpaired) electrons. The second-order valence-corrected chi connectivity index (χ2v) is 7.24. The number of fused-ring (bicyclic) bond motifs is 3. The molecule has 0 aliphatic carbocycles. The number of aromatic nitrogens is 4. The van der Waals surface area contributed by atoms with Crippen LogP contribution in [0.2, 0.25) is 0 Å². The van der Waals surface area contributed by atoms with Crippen molar-refractivity contribution < 1.29 is 13.9 Å². The molecule has 32 heavy (non-hydrogen) atoms. The van der Waals surface area contributed by atoms with Crippen molar-refractivity contribution in [3.05, 3.63) is 88.5 Å². The minimum atomic E-state index is -0.334. The molecule has 2 heterocycles. The number of rotatable bonds is 5. The van der Waals surface area contributed by atoms with Gasteiger partial charge in [0.1, 0.15) is 5.82 Å². The number of ether oxygens (including phenoxy) is 2. The Morgan fingerprint density at radius 2 is 1.69 bits per heavy atom. The molecule has 0 spiro atoms. The van der Waals surface area contributed by atoms with Gasteiger partial charge >= 0.3 is 0 Å². The summed E-state index contributed by atoms with van der Waals surface area (Å²) in [5.74, 6) is 1.63. The van der Waals surface area contributed by atoms with E-state index in [9.17, 15) is 9.18 Å². The molecule has 8 heteroatoms. The van der Waals surface area contributed by atoms with Gasteiger partial charge < -0.3 is 9.47 Å². The Morgan fingerprint density at radius 3 is 2.44 bits per heavy atom. The summed E-state index contributed by atoms with van der Waals surface area (Å²) in [5.41, 5.74) is 1.92. The minimum absolute atomic E-state index is 0.200. The first kappa shape index (κ1) is 19.7. The molecule has 0 atom stereocenters. The fourth-order valence-corrected chi connectivity index (χ4v) is 3.91. The quantitative estimate of drug-likeness (QED) is 0.423. The highest BCUT2D eigenvalue weighted by atomic mass is 19.1. The average molecular weight is 430 g/mol. The van der Waals surface area contributed by atoms with Crippen molar-refractivity contribution in [3.8, 4) is 22.9 Å². The first-order valence-electron chi connectivity index (χ1n) is 9.95. The zero-order valence-electron chi connectivity index (χ0n) is 17.4. The maximum atomic E-state index is 13.4. The van der Waals surface area contributed by atoms with E-state index in [0.717, 1.165) is 5.56 Å². The van der Waals surface area contributed by atoms with Crippen LogP contribution in [0.1, 0.15) is 5.56 Å². The standard InChI is InChI=1S/C24H19FN4O3/c1-31-20-9-5-7-18(21(20)32-2)22-26-27-24-28(14-15-10-12-16(25)13-11-15)23(30)17-6-3-4-8-19(17)29(22)24/h3-13H,14H2,1-2H3. The molecule has 0 saturated heterocycles. The van der Waals surface area contributed by atoms with Crippen molar-refractivity contribution in [2.24, 2.45) is 0 Å². The first-order chi connectivity index (χ1) is 15.6. The lowest BCUT2D eigenvalue weighted by Gasteiger charge is -2.14. The summed E-state index contributed by atoms with van der Waals surface area (Å²) < 4.78 is 27.8. The van der Waals surface area contributed by atoms with E-state index >= 15 is 0 Å². The molecule has 7 nitrogen and oxygen atoms in total. The summed E-state index contributed by atoms with van der Waals surface area (Å²) in [4.78, 5) is 13.3. The van der Waals surface area contributed by atoms with Gasteiger partial charge in [0.05, 0.1) is 37.2 Å². The normalized spacial score (nSPS) is 11.2. The van der Waals surface area contributed by atoms with E-state index in [4.69, 9.17) is 9.47 Å². The predicted octanol–water partition coefficient (Wildman–Crippen LogP) is 3.92. The molecule has 0 bridgehead atoms. The van der Waals surface area contributed by atoms with Gasteiger partial charge in [-0.2, -0.15) is 0 Å². The number of para-hydroxylation sites is 2. The maximum Gasteiger partial charge on any atom is 0.263 e. The molecule has 5 aromatic rings. The van der Waals surface area contributed by atoms with Crippen LogP contribution in [0.4, 0.5) is 4.39 Å². The van der Waals surface area contributed by atoms with Gasteiger partial charge in [-0.25, -0.2) is 4.39 Å². The maximum absolute atomic E-state index is 13.4. The Kier molecular flexibility index (Phi) is 4.82. The Hall–Kier alpha value is -4.20. The third-order valence-electron chi connectivity index (χ3n) is 5.41. The minimum Gasteiger partial charge on any atom is -0.493 e. The van der Waals surface area contributed by atoms with Gasteiger partial charge in [-0.15, -0.1) is 10.2 Å². The van der Waals surface area contributed by atoms with Gasteiger partial charge in [-0.1, -0.05) is 30.3 Å². The molecule has 5 rings (SSSR count). The molecule has 0 fully saturated rings. The summed E-state index contributed by atoms with van der Waals surface area (Å²) >= 11 is 0. The van der Waals surface area contributed by atoms with Crippen molar-refractivity contribution in [1.82, 2.24) is 19.2 Å². The van der Waals surface area contributed by atoms with Gasteiger partial charge in [0.25, 0.3) is 5.56 Å². The highest BCUT2D eigenvalue weighted by molar-refractivity contribution is 5.83. The van der Waals surface area contributed by atoms with Crippen LogP contribution in [0.3, 0.4) is 0 Å². The average Bonchev–Trinajstić information content (AvgIpc) is 3.27. The second-order valence-electron chi connectivity index (χ2n) is 7.24. The third-order valence-corrected chi connectivity index (χ3v) is 5.41. The largest absolute Gasteiger partial charge is 0.493 e. The summed E-state index contributed by atoms with van der Waals surface area (Å²) in [5, 5.41) is 9.29. The topological polar surface area (TPSA) is 70.7 Å². The van der Waals surface area contributed by atoms with E-state index < -0.39 is 0 Å². The van der Waals surface area contributed by atoms with Gasteiger partial charge in [-0.05, 0) is 42.0 Å². The lowest BCUT2D eigenvalue weighted by atomic mass is 10.1. The smallest absolute Gasteiger partial charge is 0.263 e. The molecule has 2 aromatic heterocycles. The Morgan fingerprint density at radius 1 is 0.906 bits per heavy atom. The molecule has 0 aliphatic rings. The van der Waals surface area contributed by atoms with E-state index in [0.29, 0.717) is 39.6 Å². The van der Waals surface area contributed by atoms with Crippen molar-refractivity contribution in [1.29, 1.82) is 0 Å². The van der Waals surface area contributed by atoms with Gasteiger partial charge in [0.15, 0.2) is 17.3 Å². The number of benzene rings is 3. The Bertz CT molecular complexity index is 1510. The third kappa shape index (κ3) is 3.08. The zero-order chi connectivity index (χ0) is 22.2. The SMILES string of the molecule is COc1cccc(-c2nnc3n(Cc4ccc(F)cc4)c(=O)c4ccccc4n23)c1OC. The van der Waals surface area contributed by atoms with Gasteiger partial charge in [-0.3, -0.25) is 13.8 Å². The number of methoxy groups -OCH3 is 2. The Balaban J connectivity index is 1.83. The van der Waals surface area contributed by atoms with Crippen LogP contribution in [0.5, 0.6) is 11.5 Å². The second kappa shape index (κ2) is 7.81. The van der Waals surface area contributed by atoms with Gasteiger partial charge in [0, 0.05) is 0 Å². The summed E-state index contributed by atoms with van der Waals surface area (Å²) in [6.07, 6.45) is 0. The van der Waals surface area contributed by atoms with E-state index in [1.807, 2.05) is 34.7 Å². The molecule has 3 aromatic carbocycles.